The van der Waals surface area contributed by atoms with Gasteiger partial charge in [-0.15, -0.1) is 0 Å². The predicted octanol–water partition coefficient (Wildman–Crippen LogP) is 0.435. The van der Waals surface area contributed by atoms with E-state index in [9.17, 15) is 13.5 Å². The van der Waals surface area contributed by atoms with Gasteiger partial charge in [-0.1, -0.05) is 0 Å². The van der Waals surface area contributed by atoms with Gasteiger partial charge in [-0.05, 0) is 38.7 Å². The number of aliphatic hydroxyl groups is 1. The molecule has 1 aromatic rings. The number of nitrogens with zero attached hydrogens (tertiary/aromatic N) is 2. The summed E-state index contributed by atoms with van der Waals surface area (Å²) in [7, 11) is -3.12. The van der Waals surface area contributed by atoms with Crippen LogP contribution < -0.4 is 5.32 Å². The number of hydrogen-bond donors (Lipinski definition) is 2. The summed E-state index contributed by atoms with van der Waals surface area (Å²) in [6, 6.07) is 1.84. The van der Waals surface area contributed by atoms with Gasteiger partial charge in [0.1, 0.15) is 0 Å². The van der Waals surface area contributed by atoms with Gasteiger partial charge >= 0.3 is 0 Å². The van der Waals surface area contributed by atoms with Crippen molar-refractivity contribution in [2.24, 2.45) is 5.92 Å². The molecule has 0 radical (unpaired) electrons. The number of rotatable bonds is 6. The molecule has 0 aromatic carbocycles. The molecule has 2 rings (SSSR count). The molecular weight excluding hydrogens is 290 g/mol. The van der Waals surface area contributed by atoms with Crippen LogP contribution in [0.3, 0.4) is 0 Å². The molecule has 1 aliphatic rings. The Bertz CT molecular complexity index is 554. The molecule has 2 N–H and O–H groups in total. The lowest BCUT2D eigenvalue weighted by atomic mass is 10.1. The molecule has 1 fully saturated rings. The van der Waals surface area contributed by atoms with Gasteiger partial charge in [0.05, 0.1) is 10.9 Å². The first-order valence-corrected chi connectivity index (χ1v) is 9.16. The third kappa shape index (κ3) is 4.05. The lowest BCUT2D eigenvalue weighted by Gasteiger charge is -2.26. The Morgan fingerprint density at radius 2 is 2.14 bits per heavy atom. The zero-order chi connectivity index (χ0) is 15.7. The average molecular weight is 315 g/mol. The Morgan fingerprint density at radius 1 is 1.43 bits per heavy atom. The average Bonchev–Trinajstić information content (AvgIpc) is 2.96. The second-order valence-electron chi connectivity index (χ2n) is 6.65. The molecule has 1 saturated carbocycles. The first-order chi connectivity index (χ1) is 9.69. The van der Waals surface area contributed by atoms with Crippen molar-refractivity contribution in [2.45, 2.75) is 50.1 Å². The van der Waals surface area contributed by atoms with Crippen LogP contribution in [-0.2, 0) is 16.4 Å². The molecule has 1 heterocycles. The quantitative estimate of drug-likeness (QED) is 0.795. The number of aromatic nitrogens is 2. The minimum Gasteiger partial charge on any atom is -0.391 e. The van der Waals surface area contributed by atoms with Gasteiger partial charge in [0.2, 0.25) is 0 Å². The van der Waals surface area contributed by atoms with Gasteiger partial charge in [-0.2, -0.15) is 5.10 Å². The summed E-state index contributed by atoms with van der Waals surface area (Å²) in [5.74, 6) is 0.360. The van der Waals surface area contributed by atoms with Crippen LogP contribution >= 0.6 is 0 Å². The van der Waals surface area contributed by atoms with E-state index in [-0.39, 0.29) is 6.04 Å². The second-order valence-corrected chi connectivity index (χ2v) is 9.30. The fourth-order valence-corrected chi connectivity index (χ4v) is 3.01. The largest absolute Gasteiger partial charge is 0.391 e. The Balaban J connectivity index is 1.87. The van der Waals surface area contributed by atoms with Crippen molar-refractivity contribution in [3.8, 4) is 0 Å². The third-order valence-corrected chi connectivity index (χ3v) is 6.58. The maximum Gasteiger partial charge on any atom is 0.153 e. The Hall–Kier alpha value is -0.920. The van der Waals surface area contributed by atoms with Gasteiger partial charge < -0.3 is 10.4 Å². The molecule has 7 heteroatoms. The molecule has 1 aromatic heterocycles. The van der Waals surface area contributed by atoms with Crippen LogP contribution in [0.2, 0.25) is 0 Å². The van der Waals surface area contributed by atoms with E-state index < -0.39 is 20.7 Å². The fourth-order valence-electron chi connectivity index (χ4n) is 2.67. The van der Waals surface area contributed by atoms with Gasteiger partial charge in [-0.25, -0.2) is 8.42 Å². The van der Waals surface area contributed by atoms with E-state index in [0.29, 0.717) is 12.5 Å². The molecule has 6 nitrogen and oxygen atoms in total. The van der Waals surface area contributed by atoms with Crippen LogP contribution in [0.5, 0.6) is 0 Å². The van der Waals surface area contributed by atoms with E-state index >= 15 is 0 Å². The molecule has 0 bridgehead atoms. The molecule has 120 valence electrons. The zero-order valence-corrected chi connectivity index (χ0v) is 13.7. The lowest BCUT2D eigenvalue weighted by molar-refractivity contribution is 0.145. The van der Waals surface area contributed by atoms with Crippen molar-refractivity contribution in [1.29, 1.82) is 0 Å². The molecule has 0 saturated heterocycles. The van der Waals surface area contributed by atoms with E-state index in [1.54, 1.807) is 20.0 Å². The summed E-state index contributed by atoms with van der Waals surface area (Å²) in [6.07, 6.45) is 6.04. The molecule has 0 spiro atoms. The molecule has 3 atom stereocenters. The minimum atomic E-state index is -3.12. The number of aliphatic hydroxyl groups excluding tert-OH is 1. The zero-order valence-electron chi connectivity index (χ0n) is 12.9. The van der Waals surface area contributed by atoms with Crippen molar-refractivity contribution >= 4 is 9.84 Å². The molecular formula is C14H25N3O3S. The summed E-state index contributed by atoms with van der Waals surface area (Å²) >= 11 is 0. The summed E-state index contributed by atoms with van der Waals surface area (Å²) in [6.45, 7) is 4.55. The van der Waals surface area contributed by atoms with Gasteiger partial charge in [-0.3, -0.25) is 4.68 Å². The van der Waals surface area contributed by atoms with E-state index in [0.717, 1.165) is 19.4 Å². The minimum absolute atomic E-state index is 0.0495. The van der Waals surface area contributed by atoms with E-state index in [1.807, 2.05) is 16.9 Å². The molecule has 0 aliphatic heterocycles. The van der Waals surface area contributed by atoms with Crippen LogP contribution in [0.1, 0.15) is 26.7 Å². The lowest BCUT2D eigenvalue weighted by Crippen LogP contribution is -2.47. The summed E-state index contributed by atoms with van der Waals surface area (Å²) in [4.78, 5) is 0. The summed E-state index contributed by atoms with van der Waals surface area (Å²) in [5.41, 5.74) is 0. The Kier molecular flexibility index (Phi) is 4.75. The standard InChI is InChI=1S/C14H25N3O3S/c1-14(2,21(3,19)20)10-15-12-7-11(8-13(12)18)9-17-6-4-5-16-17/h4-6,11-13,15,18H,7-10H2,1-3H3/t11?,12-,13-/m1/s1. The van der Waals surface area contributed by atoms with E-state index in [4.69, 9.17) is 0 Å². The highest BCUT2D eigenvalue weighted by Crippen LogP contribution is 2.28. The monoisotopic (exact) mass is 315 g/mol. The van der Waals surface area contributed by atoms with Crippen LogP contribution in [-0.4, -0.2) is 53.0 Å². The van der Waals surface area contributed by atoms with Crippen molar-refractivity contribution in [3.63, 3.8) is 0 Å². The first-order valence-electron chi connectivity index (χ1n) is 7.27. The predicted molar refractivity (Wildman–Crippen MR) is 81.7 cm³/mol. The van der Waals surface area contributed by atoms with Crippen LogP contribution in [0.15, 0.2) is 18.5 Å². The molecule has 1 unspecified atom stereocenters. The summed E-state index contributed by atoms with van der Waals surface area (Å²) < 4.78 is 24.5. The van der Waals surface area contributed by atoms with Crippen LogP contribution in [0, 0.1) is 5.92 Å². The molecule has 0 amide bonds. The van der Waals surface area contributed by atoms with Crippen molar-refractivity contribution in [2.75, 3.05) is 12.8 Å². The van der Waals surface area contributed by atoms with Crippen molar-refractivity contribution in [3.05, 3.63) is 18.5 Å². The van der Waals surface area contributed by atoms with Crippen LogP contribution in [0.4, 0.5) is 0 Å². The maximum atomic E-state index is 11.7. The maximum absolute atomic E-state index is 11.7. The number of sulfone groups is 1. The number of hydrogen-bond acceptors (Lipinski definition) is 5. The summed E-state index contributed by atoms with van der Waals surface area (Å²) in [5, 5.41) is 17.6. The molecule has 1 aliphatic carbocycles. The molecule has 21 heavy (non-hydrogen) atoms. The van der Waals surface area contributed by atoms with Gasteiger partial charge in [0.15, 0.2) is 9.84 Å². The Morgan fingerprint density at radius 3 is 2.71 bits per heavy atom. The first kappa shape index (κ1) is 16.5. The fraction of sp³-hybridized carbons (Fsp3) is 0.786. The van der Waals surface area contributed by atoms with Gasteiger partial charge in [0, 0.05) is 37.8 Å². The Labute approximate surface area is 126 Å². The second kappa shape index (κ2) is 6.06. The SMILES string of the molecule is CC(C)(CN[C@@H]1CC(Cn2cccn2)C[C@H]1O)S(C)(=O)=O. The highest BCUT2D eigenvalue weighted by molar-refractivity contribution is 7.92. The highest BCUT2D eigenvalue weighted by Gasteiger charge is 2.36. The highest BCUT2D eigenvalue weighted by atomic mass is 32.2. The third-order valence-electron chi connectivity index (χ3n) is 4.42. The van der Waals surface area contributed by atoms with Crippen molar-refractivity contribution in [1.82, 2.24) is 15.1 Å². The van der Waals surface area contributed by atoms with E-state index in [2.05, 4.69) is 10.4 Å². The van der Waals surface area contributed by atoms with Gasteiger partial charge in [0.25, 0.3) is 0 Å². The number of nitrogens with one attached hydrogen (secondary N) is 1. The van der Waals surface area contributed by atoms with Crippen molar-refractivity contribution < 1.29 is 13.5 Å². The van der Waals surface area contributed by atoms with E-state index in [1.165, 1.54) is 6.26 Å². The van der Waals surface area contributed by atoms with Crippen LogP contribution in [0.25, 0.3) is 0 Å². The normalized spacial score (nSPS) is 27.1. The smallest absolute Gasteiger partial charge is 0.153 e. The topological polar surface area (TPSA) is 84.2 Å².